The fourth-order valence-corrected chi connectivity index (χ4v) is 1.51. The Bertz CT molecular complexity index is 153. The standard InChI is InChI=1S/C6H9ClO2/c1-6(2)3(4(6)7)5(8)9/h3-4H,1-2H3,(H,8,9)/t3-,4-/m1/s1. The molecule has 0 bridgehead atoms. The normalized spacial score (nSPS) is 38.1. The summed E-state index contributed by atoms with van der Waals surface area (Å²) >= 11 is 5.66. The van der Waals surface area contributed by atoms with Crippen molar-refractivity contribution in [3.8, 4) is 0 Å². The molecular formula is C6H9ClO2. The maximum Gasteiger partial charge on any atom is 0.308 e. The van der Waals surface area contributed by atoms with Crippen LogP contribution in [0, 0.1) is 11.3 Å². The van der Waals surface area contributed by atoms with Crippen molar-refractivity contribution in [3.05, 3.63) is 0 Å². The lowest BCUT2D eigenvalue weighted by molar-refractivity contribution is -0.139. The van der Waals surface area contributed by atoms with E-state index in [1.165, 1.54) is 0 Å². The second-order valence-electron chi connectivity index (χ2n) is 3.04. The van der Waals surface area contributed by atoms with Crippen LogP contribution in [0.25, 0.3) is 0 Å². The van der Waals surface area contributed by atoms with Gasteiger partial charge in [0.25, 0.3) is 0 Å². The summed E-state index contributed by atoms with van der Waals surface area (Å²) in [4.78, 5) is 10.3. The summed E-state index contributed by atoms with van der Waals surface area (Å²) < 4.78 is 0. The molecule has 0 radical (unpaired) electrons. The van der Waals surface area contributed by atoms with Crippen LogP contribution in [-0.2, 0) is 4.79 Å². The maximum absolute atomic E-state index is 10.3. The zero-order chi connectivity index (χ0) is 7.23. The van der Waals surface area contributed by atoms with Gasteiger partial charge >= 0.3 is 5.97 Å². The Morgan fingerprint density at radius 2 is 2.00 bits per heavy atom. The van der Waals surface area contributed by atoms with Gasteiger partial charge in [0.2, 0.25) is 0 Å². The fraction of sp³-hybridized carbons (Fsp3) is 0.833. The number of carboxylic acid groups (broad SMARTS) is 1. The second-order valence-corrected chi connectivity index (χ2v) is 3.51. The molecule has 3 heteroatoms. The maximum atomic E-state index is 10.3. The van der Waals surface area contributed by atoms with Crippen LogP contribution in [0.15, 0.2) is 0 Å². The van der Waals surface area contributed by atoms with Crippen LogP contribution in [0.3, 0.4) is 0 Å². The van der Waals surface area contributed by atoms with Gasteiger partial charge < -0.3 is 5.11 Å². The van der Waals surface area contributed by atoms with Crippen LogP contribution in [0.2, 0.25) is 0 Å². The number of halogens is 1. The molecule has 1 saturated carbocycles. The van der Waals surface area contributed by atoms with Gasteiger partial charge in [-0.1, -0.05) is 13.8 Å². The third kappa shape index (κ3) is 0.816. The first-order valence-corrected chi connectivity index (χ1v) is 3.28. The molecule has 0 aromatic carbocycles. The average molecular weight is 149 g/mol. The van der Waals surface area contributed by atoms with Gasteiger partial charge in [-0.15, -0.1) is 11.6 Å². The Morgan fingerprint density at radius 3 is 2.00 bits per heavy atom. The molecule has 0 aliphatic heterocycles. The van der Waals surface area contributed by atoms with Crippen LogP contribution in [-0.4, -0.2) is 16.5 Å². The highest BCUT2D eigenvalue weighted by atomic mass is 35.5. The molecule has 1 aliphatic carbocycles. The highest BCUT2D eigenvalue weighted by Gasteiger charge is 2.61. The summed E-state index contributed by atoms with van der Waals surface area (Å²) in [6.07, 6.45) is 0. The van der Waals surface area contributed by atoms with Gasteiger partial charge in [0.15, 0.2) is 0 Å². The van der Waals surface area contributed by atoms with E-state index in [-0.39, 0.29) is 16.7 Å². The number of carboxylic acids is 1. The van der Waals surface area contributed by atoms with Crippen molar-refractivity contribution in [2.24, 2.45) is 11.3 Å². The van der Waals surface area contributed by atoms with E-state index in [1.807, 2.05) is 13.8 Å². The predicted molar refractivity (Wildman–Crippen MR) is 34.5 cm³/mol. The first-order chi connectivity index (χ1) is 3.98. The minimum Gasteiger partial charge on any atom is -0.481 e. The lowest BCUT2D eigenvalue weighted by atomic mass is 10.1. The molecule has 1 aliphatic rings. The molecule has 2 atom stereocenters. The minimum absolute atomic E-state index is 0.171. The zero-order valence-corrected chi connectivity index (χ0v) is 6.14. The molecule has 0 unspecified atom stereocenters. The average Bonchev–Trinajstić information content (AvgIpc) is 2.07. The molecule has 52 valence electrons. The van der Waals surface area contributed by atoms with Gasteiger partial charge in [-0.3, -0.25) is 4.79 Å². The lowest BCUT2D eigenvalue weighted by Crippen LogP contribution is -2.03. The van der Waals surface area contributed by atoms with Crippen molar-refractivity contribution in [1.82, 2.24) is 0 Å². The first kappa shape index (κ1) is 6.87. The molecular weight excluding hydrogens is 140 g/mol. The first-order valence-electron chi connectivity index (χ1n) is 2.85. The number of aliphatic carboxylic acids is 1. The Labute approximate surface area is 58.8 Å². The van der Waals surface area contributed by atoms with E-state index in [1.54, 1.807) is 0 Å². The van der Waals surface area contributed by atoms with Crippen LogP contribution in [0.5, 0.6) is 0 Å². The largest absolute Gasteiger partial charge is 0.481 e. The Balaban J connectivity index is 2.62. The van der Waals surface area contributed by atoms with Crippen molar-refractivity contribution >= 4 is 17.6 Å². The highest BCUT2D eigenvalue weighted by molar-refractivity contribution is 6.25. The summed E-state index contributed by atoms with van der Waals surface area (Å²) in [7, 11) is 0. The van der Waals surface area contributed by atoms with E-state index in [2.05, 4.69) is 0 Å². The molecule has 1 N–H and O–H groups in total. The van der Waals surface area contributed by atoms with Gasteiger partial charge in [0.05, 0.1) is 11.3 Å². The van der Waals surface area contributed by atoms with Gasteiger partial charge in [-0.2, -0.15) is 0 Å². The number of rotatable bonds is 1. The molecule has 9 heavy (non-hydrogen) atoms. The van der Waals surface area contributed by atoms with E-state index >= 15 is 0 Å². The van der Waals surface area contributed by atoms with Gasteiger partial charge in [-0.25, -0.2) is 0 Å². The van der Waals surface area contributed by atoms with E-state index in [4.69, 9.17) is 16.7 Å². The molecule has 0 amide bonds. The lowest BCUT2D eigenvalue weighted by Gasteiger charge is -1.94. The summed E-state index contributed by atoms with van der Waals surface area (Å²) in [5.41, 5.74) is -0.187. The number of alkyl halides is 1. The zero-order valence-electron chi connectivity index (χ0n) is 5.39. The quantitative estimate of drug-likeness (QED) is 0.570. The molecule has 1 rings (SSSR count). The summed E-state index contributed by atoms with van der Waals surface area (Å²) in [6.45, 7) is 3.73. The third-order valence-corrected chi connectivity index (χ3v) is 2.78. The highest BCUT2D eigenvalue weighted by Crippen LogP contribution is 2.55. The van der Waals surface area contributed by atoms with Crippen LogP contribution >= 0.6 is 11.6 Å². The molecule has 2 nitrogen and oxygen atoms in total. The number of hydrogen-bond donors (Lipinski definition) is 1. The van der Waals surface area contributed by atoms with Crippen molar-refractivity contribution in [2.75, 3.05) is 0 Å². The van der Waals surface area contributed by atoms with Gasteiger partial charge in [-0.05, 0) is 5.41 Å². The summed E-state index contributed by atoms with van der Waals surface area (Å²) in [5.74, 6) is -1.11. The summed E-state index contributed by atoms with van der Waals surface area (Å²) in [6, 6.07) is 0. The minimum atomic E-state index is -0.778. The van der Waals surface area contributed by atoms with Gasteiger partial charge in [0, 0.05) is 0 Å². The van der Waals surface area contributed by atoms with Crippen molar-refractivity contribution in [2.45, 2.75) is 19.2 Å². The van der Waals surface area contributed by atoms with Crippen molar-refractivity contribution < 1.29 is 9.90 Å². The van der Waals surface area contributed by atoms with Crippen LogP contribution in [0.4, 0.5) is 0 Å². The Morgan fingerprint density at radius 1 is 1.67 bits per heavy atom. The molecule has 1 fully saturated rings. The Kier molecular flexibility index (Phi) is 1.24. The van der Waals surface area contributed by atoms with Crippen LogP contribution < -0.4 is 0 Å². The smallest absolute Gasteiger partial charge is 0.308 e. The van der Waals surface area contributed by atoms with E-state index in [0.717, 1.165) is 0 Å². The predicted octanol–water partition coefficient (Wildman–Crippen LogP) is 1.33. The van der Waals surface area contributed by atoms with Crippen molar-refractivity contribution in [3.63, 3.8) is 0 Å². The van der Waals surface area contributed by atoms with Crippen LogP contribution in [0.1, 0.15) is 13.8 Å². The molecule has 0 saturated heterocycles. The fourth-order valence-electron chi connectivity index (χ4n) is 1.02. The van der Waals surface area contributed by atoms with Crippen molar-refractivity contribution in [1.29, 1.82) is 0 Å². The molecule has 0 spiro atoms. The van der Waals surface area contributed by atoms with E-state index < -0.39 is 5.97 Å². The second kappa shape index (κ2) is 1.63. The van der Waals surface area contributed by atoms with Gasteiger partial charge in [0.1, 0.15) is 0 Å². The SMILES string of the molecule is CC1(C)[C@H](Cl)[C@@H]1C(=O)O. The number of hydrogen-bond acceptors (Lipinski definition) is 1. The molecule has 0 aromatic rings. The molecule has 0 heterocycles. The monoisotopic (exact) mass is 148 g/mol. The Hall–Kier alpha value is -0.240. The topological polar surface area (TPSA) is 37.3 Å². The third-order valence-electron chi connectivity index (χ3n) is 1.96. The summed E-state index contributed by atoms with van der Waals surface area (Å²) in [5, 5.41) is 8.30. The van der Waals surface area contributed by atoms with E-state index in [0.29, 0.717) is 0 Å². The number of carbonyl (C=O) groups is 1. The molecule has 0 aromatic heterocycles. The van der Waals surface area contributed by atoms with E-state index in [9.17, 15) is 4.79 Å².